The minimum absolute atomic E-state index is 0.475. The van der Waals surface area contributed by atoms with Crippen molar-refractivity contribution in [3.63, 3.8) is 0 Å². The van der Waals surface area contributed by atoms with E-state index in [1.54, 1.807) is 6.33 Å². The number of likely N-dealkylation sites (tertiary alicyclic amines) is 1. The molecule has 1 aliphatic heterocycles. The highest BCUT2D eigenvalue weighted by molar-refractivity contribution is 5.40. The Kier molecular flexibility index (Phi) is 3.92. The molecule has 1 saturated heterocycles. The molecule has 1 fully saturated rings. The highest BCUT2D eigenvalue weighted by Crippen LogP contribution is 2.33. The third-order valence-electron chi connectivity index (χ3n) is 4.26. The number of nitrogens with one attached hydrogen (secondary N) is 1. The lowest BCUT2D eigenvalue weighted by Gasteiger charge is -2.25. The molecule has 2 aromatic heterocycles. The van der Waals surface area contributed by atoms with Crippen molar-refractivity contribution in [2.75, 3.05) is 25.5 Å². The summed E-state index contributed by atoms with van der Waals surface area (Å²) in [6, 6.07) is 4.83. The summed E-state index contributed by atoms with van der Waals surface area (Å²) in [5.74, 6) is 1.02. The Morgan fingerprint density at radius 2 is 2.24 bits per heavy atom. The molecule has 1 aliphatic rings. The van der Waals surface area contributed by atoms with Gasteiger partial charge < -0.3 is 9.88 Å². The van der Waals surface area contributed by atoms with E-state index >= 15 is 0 Å². The summed E-state index contributed by atoms with van der Waals surface area (Å²) in [4.78, 5) is 16.6. The molecular formula is C16H23N5. The van der Waals surface area contributed by atoms with Crippen molar-refractivity contribution in [2.24, 2.45) is 0 Å². The zero-order valence-corrected chi connectivity index (χ0v) is 13.0. The lowest BCUT2D eigenvalue weighted by Crippen LogP contribution is -2.23. The number of hydrogen-bond donors (Lipinski definition) is 1. The van der Waals surface area contributed by atoms with Gasteiger partial charge in [-0.05, 0) is 44.0 Å². The Balaban J connectivity index is 1.80. The second-order valence-corrected chi connectivity index (χ2v) is 5.94. The highest BCUT2D eigenvalue weighted by atomic mass is 15.2. The van der Waals surface area contributed by atoms with Crippen LogP contribution in [0.15, 0.2) is 24.7 Å². The van der Waals surface area contributed by atoms with E-state index in [2.05, 4.69) is 43.8 Å². The quantitative estimate of drug-likeness (QED) is 0.937. The van der Waals surface area contributed by atoms with Crippen LogP contribution in [0, 0.1) is 6.92 Å². The van der Waals surface area contributed by atoms with Crippen LogP contribution in [0.1, 0.15) is 35.8 Å². The van der Waals surface area contributed by atoms with Crippen molar-refractivity contribution in [3.05, 3.63) is 41.6 Å². The minimum atomic E-state index is 0.475. The van der Waals surface area contributed by atoms with Gasteiger partial charge in [-0.2, -0.15) is 0 Å². The van der Waals surface area contributed by atoms with E-state index in [-0.39, 0.29) is 0 Å². The van der Waals surface area contributed by atoms with Crippen LogP contribution in [-0.2, 0) is 6.54 Å². The predicted molar refractivity (Wildman–Crippen MR) is 84.3 cm³/mol. The molecule has 1 atom stereocenters. The molecule has 21 heavy (non-hydrogen) atoms. The van der Waals surface area contributed by atoms with Gasteiger partial charge in [0.15, 0.2) is 0 Å². The molecule has 0 radical (unpaired) electrons. The number of imidazole rings is 1. The van der Waals surface area contributed by atoms with E-state index in [1.165, 1.54) is 24.1 Å². The van der Waals surface area contributed by atoms with Gasteiger partial charge in [0.2, 0.25) is 0 Å². The molecule has 0 spiro atoms. The second kappa shape index (κ2) is 5.85. The lowest BCUT2D eigenvalue weighted by atomic mass is 10.1. The standard InChI is InChI=1S/C16H23N5/c1-12-14(19-11-18-12)10-21-8-4-5-15(21)13-6-7-17-16(9-13)20(2)3/h6-7,9,11,15H,4-5,8,10H2,1-3H3,(H,18,19)/t15-/m0/s1. The van der Waals surface area contributed by atoms with Crippen molar-refractivity contribution >= 4 is 5.82 Å². The first-order valence-corrected chi connectivity index (χ1v) is 7.51. The number of rotatable bonds is 4. The Bertz CT molecular complexity index is 604. The van der Waals surface area contributed by atoms with Crippen LogP contribution in [0.5, 0.6) is 0 Å². The van der Waals surface area contributed by atoms with Crippen LogP contribution in [0.2, 0.25) is 0 Å². The molecule has 0 aromatic carbocycles. The average Bonchev–Trinajstić information content (AvgIpc) is 3.09. The van der Waals surface area contributed by atoms with Gasteiger partial charge in [0.25, 0.3) is 0 Å². The van der Waals surface area contributed by atoms with Crippen molar-refractivity contribution < 1.29 is 0 Å². The monoisotopic (exact) mass is 285 g/mol. The molecule has 112 valence electrons. The van der Waals surface area contributed by atoms with E-state index < -0.39 is 0 Å². The van der Waals surface area contributed by atoms with Crippen molar-refractivity contribution in [3.8, 4) is 0 Å². The van der Waals surface area contributed by atoms with Crippen LogP contribution < -0.4 is 4.90 Å². The summed E-state index contributed by atoms with van der Waals surface area (Å²) in [6.45, 7) is 4.14. The number of aromatic nitrogens is 3. The van der Waals surface area contributed by atoms with Gasteiger partial charge in [0.05, 0.1) is 12.0 Å². The fourth-order valence-electron chi connectivity index (χ4n) is 3.02. The van der Waals surface area contributed by atoms with E-state index in [1.807, 2.05) is 20.3 Å². The average molecular weight is 285 g/mol. The number of aromatic amines is 1. The number of nitrogens with zero attached hydrogens (tertiary/aromatic N) is 4. The number of pyridine rings is 1. The summed E-state index contributed by atoms with van der Waals surface area (Å²) < 4.78 is 0. The summed E-state index contributed by atoms with van der Waals surface area (Å²) >= 11 is 0. The fourth-order valence-corrected chi connectivity index (χ4v) is 3.02. The Morgan fingerprint density at radius 1 is 1.38 bits per heavy atom. The van der Waals surface area contributed by atoms with Crippen molar-refractivity contribution in [1.82, 2.24) is 19.9 Å². The summed E-state index contributed by atoms with van der Waals surface area (Å²) in [7, 11) is 4.07. The van der Waals surface area contributed by atoms with Gasteiger partial charge >= 0.3 is 0 Å². The zero-order chi connectivity index (χ0) is 14.8. The van der Waals surface area contributed by atoms with E-state index in [0.717, 1.165) is 24.6 Å². The smallest absolute Gasteiger partial charge is 0.128 e. The molecule has 5 heteroatoms. The highest BCUT2D eigenvalue weighted by Gasteiger charge is 2.27. The number of H-pyrrole nitrogens is 1. The Morgan fingerprint density at radius 3 is 2.95 bits per heavy atom. The maximum absolute atomic E-state index is 4.44. The van der Waals surface area contributed by atoms with Gasteiger partial charge in [-0.15, -0.1) is 0 Å². The minimum Gasteiger partial charge on any atom is -0.363 e. The summed E-state index contributed by atoms with van der Waals surface area (Å²) in [5.41, 5.74) is 3.69. The maximum atomic E-state index is 4.44. The molecule has 3 heterocycles. The molecule has 0 bridgehead atoms. The van der Waals surface area contributed by atoms with Gasteiger partial charge in [0, 0.05) is 38.6 Å². The molecule has 5 nitrogen and oxygen atoms in total. The molecule has 0 aliphatic carbocycles. The lowest BCUT2D eigenvalue weighted by molar-refractivity contribution is 0.245. The van der Waals surface area contributed by atoms with Gasteiger partial charge in [-0.1, -0.05) is 0 Å². The third kappa shape index (κ3) is 2.93. The van der Waals surface area contributed by atoms with Crippen LogP contribution >= 0.6 is 0 Å². The first-order valence-electron chi connectivity index (χ1n) is 7.51. The van der Waals surface area contributed by atoms with Crippen molar-refractivity contribution in [2.45, 2.75) is 32.4 Å². The normalized spacial score (nSPS) is 19.1. The summed E-state index contributed by atoms with van der Waals surface area (Å²) in [6.07, 6.45) is 6.15. The predicted octanol–water partition coefficient (Wildman–Crippen LogP) is 2.52. The second-order valence-electron chi connectivity index (χ2n) is 5.94. The molecule has 0 unspecified atom stereocenters. The maximum Gasteiger partial charge on any atom is 0.128 e. The van der Waals surface area contributed by atoms with Crippen LogP contribution in [-0.4, -0.2) is 40.5 Å². The fraction of sp³-hybridized carbons (Fsp3) is 0.500. The number of hydrogen-bond acceptors (Lipinski definition) is 4. The number of anilines is 1. The molecule has 2 aromatic rings. The van der Waals surface area contributed by atoms with E-state index in [9.17, 15) is 0 Å². The first-order chi connectivity index (χ1) is 10.1. The zero-order valence-electron chi connectivity index (χ0n) is 13.0. The molecular weight excluding hydrogens is 262 g/mol. The van der Waals surface area contributed by atoms with Gasteiger partial charge in [0.1, 0.15) is 5.82 Å². The molecule has 0 amide bonds. The Labute approximate surface area is 126 Å². The van der Waals surface area contributed by atoms with E-state index in [4.69, 9.17) is 0 Å². The first kappa shape index (κ1) is 14.1. The largest absolute Gasteiger partial charge is 0.363 e. The third-order valence-corrected chi connectivity index (χ3v) is 4.26. The summed E-state index contributed by atoms with van der Waals surface area (Å²) in [5, 5.41) is 0. The molecule has 3 rings (SSSR count). The molecule has 0 saturated carbocycles. The van der Waals surface area contributed by atoms with Gasteiger partial charge in [-0.25, -0.2) is 9.97 Å². The Hall–Kier alpha value is -1.88. The van der Waals surface area contributed by atoms with Crippen LogP contribution in [0.25, 0.3) is 0 Å². The van der Waals surface area contributed by atoms with Crippen LogP contribution in [0.3, 0.4) is 0 Å². The molecule has 1 N–H and O–H groups in total. The van der Waals surface area contributed by atoms with Gasteiger partial charge in [-0.3, -0.25) is 4.90 Å². The van der Waals surface area contributed by atoms with Crippen LogP contribution in [0.4, 0.5) is 5.82 Å². The number of aryl methyl sites for hydroxylation is 1. The SMILES string of the molecule is Cc1[nH]cnc1CN1CCC[C@H]1c1ccnc(N(C)C)c1. The van der Waals surface area contributed by atoms with Crippen molar-refractivity contribution in [1.29, 1.82) is 0 Å². The topological polar surface area (TPSA) is 48.1 Å². The van der Waals surface area contributed by atoms with E-state index in [0.29, 0.717) is 6.04 Å².